The van der Waals surface area contributed by atoms with Gasteiger partial charge < -0.3 is 14.6 Å². The van der Waals surface area contributed by atoms with Crippen molar-refractivity contribution < 1.29 is 9.53 Å². The van der Waals surface area contributed by atoms with Crippen molar-refractivity contribution in [1.29, 1.82) is 0 Å². The van der Waals surface area contributed by atoms with E-state index in [0.29, 0.717) is 6.61 Å². The number of ether oxygens (including phenoxy) is 1. The standard InChI is InChI=1S/C24H26N4O2/c1-2-30-21-13-10-18(11-14-21)12-15-23(29)25-20-8-6-7-19(17-20)24-27-26-22-9-4-3-5-16-28(22)24/h6-8,10-15,17H,2-5,9,16H2,1H3,(H,25,29)/b15-12+. The van der Waals surface area contributed by atoms with E-state index in [9.17, 15) is 4.79 Å². The maximum atomic E-state index is 12.4. The molecule has 0 aliphatic carbocycles. The number of anilines is 1. The summed E-state index contributed by atoms with van der Waals surface area (Å²) in [6, 6.07) is 15.4. The van der Waals surface area contributed by atoms with Crippen LogP contribution < -0.4 is 10.1 Å². The average Bonchev–Trinajstić information content (AvgIpc) is 3.02. The van der Waals surface area contributed by atoms with Crippen LogP contribution in [-0.2, 0) is 17.8 Å². The predicted molar refractivity (Wildman–Crippen MR) is 118 cm³/mol. The largest absolute Gasteiger partial charge is 0.494 e. The lowest BCUT2D eigenvalue weighted by molar-refractivity contribution is -0.111. The number of nitrogens with one attached hydrogen (secondary N) is 1. The minimum absolute atomic E-state index is 0.180. The predicted octanol–water partition coefficient (Wildman–Crippen LogP) is 4.72. The van der Waals surface area contributed by atoms with Crippen molar-refractivity contribution in [3.05, 3.63) is 66.0 Å². The van der Waals surface area contributed by atoms with Crippen LogP contribution in [0, 0.1) is 0 Å². The van der Waals surface area contributed by atoms with Gasteiger partial charge in [0.15, 0.2) is 5.82 Å². The highest BCUT2D eigenvalue weighted by Crippen LogP contribution is 2.25. The van der Waals surface area contributed by atoms with Crippen LogP contribution in [0.25, 0.3) is 17.5 Å². The monoisotopic (exact) mass is 402 g/mol. The fourth-order valence-corrected chi connectivity index (χ4v) is 3.63. The van der Waals surface area contributed by atoms with E-state index in [2.05, 4.69) is 20.1 Å². The van der Waals surface area contributed by atoms with Gasteiger partial charge in [-0.15, -0.1) is 10.2 Å². The third-order valence-corrected chi connectivity index (χ3v) is 5.12. The van der Waals surface area contributed by atoms with Gasteiger partial charge in [-0.2, -0.15) is 0 Å². The zero-order valence-corrected chi connectivity index (χ0v) is 17.2. The average molecular weight is 402 g/mol. The fraction of sp³-hybridized carbons (Fsp3) is 0.292. The number of carbonyl (C=O) groups is 1. The summed E-state index contributed by atoms with van der Waals surface area (Å²) < 4.78 is 7.64. The van der Waals surface area contributed by atoms with Crippen LogP contribution in [-0.4, -0.2) is 27.3 Å². The smallest absolute Gasteiger partial charge is 0.248 e. The van der Waals surface area contributed by atoms with Crippen molar-refractivity contribution in [2.75, 3.05) is 11.9 Å². The number of benzene rings is 2. The summed E-state index contributed by atoms with van der Waals surface area (Å²) in [5, 5.41) is 11.7. The third-order valence-electron chi connectivity index (χ3n) is 5.12. The van der Waals surface area contributed by atoms with Gasteiger partial charge in [-0.1, -0.05) is 30.7 Å². The molecular formula is C24H26N4O2. The molecule has 2 aromatic carbocycles. The Bertz CT molecular complexity index is 1040. The number of aryl methyl sites for hydroxylation is 1. The lowest BCUT2D eigenvalue weighted by Crippen LogP contribution is -2.08. The molecule has 6 nitrogen and oxygen atoms in total. The molecule has 2 heterocycles. The first kappa shape index (κ1) is 19.9. The van der Waals surface area contributed by atoms with Crippen LogP contribution in [0.5, 0.6) is 5.75 Å². The molecule has 30 heavy (non-hydrogen) atoms. The highest BCUT2D eigenvalue weighted by atomic mass is 16.5. The molecular weight excluding hydrogens is 376 g/mol. The first-order valence-electron chi connectivity index (χ1n) is 10.5. The summed E-state index contributed by atoms with van der Waals surface area (Å²) in [7, 11) is 0. The van der Waals surface area contributed by atoms with Crippen LogP contribution >= 0.6 is 0 Å². The highest BCUT2D eigenvalue weighted by Gasteiger charge is 2.16. The van der Waals surface area contributed by atoms with E-state index in [-0.39, 0.29) is 5.91 Å². The van der Waals surface area contributed by atoms with Gasteiger partial charge in [-0.3, -0.25) is 4.79 Å². The molecule has 1 aliphatic heterocycles. The summed E-state index contributed by atoms with van der Waals surface area (Å²) in [4.78, 5) is 12.4. The zero-order chi connectivity index (χ0) is 20.8. The molecule has 0 saturated heterocycles. The Hall–Kier alpha value is -3.41. The second-order valence-corrected chi connectivity index (χ2v) is 7.31. The molecule has 0 unspecified atom stereocenters. The molecule has 154 valence electrons. The van der Waals surface area contributed by atoms with Gasteiger partial charge in [0.05, 0.1) is 6.61 Å². The molecule has 0 atom stereocenters. The minimum atomic E-state index is -0.180. The Morgan fingerprint density at radius 3 is 2.83 bits per heavy atom. The maximum absolute atomic E-state index is 12.4. The molecule has 0 spiro atoms. The number of amides is 1. The van der Waals surface area contributed by atoms with Crippen LogP contribution in [0.15, 0.2) is 54.6 Å². The number of aromatic nitrogens is 3. The molecule has 1 aliphatic rings. The molecule has 1 N–H and O–H groups in total. The van der Waals surface area contributed by atoms with E-state index in [1.807, 2.05) is 55.5 Å². The number of fused-ring (bicyclic) bond motifs is 1. The molecule has 4 rings (SSSR count). The van der Waals surface area contributed by atoms with E-state index in [1.54, 1.807) is 6.08 Å². The van der Waals surface area contributed by atoms with Gasteiger partial charge in [-0.05, 0) is 55.7 Å². The van der Waals surface area contributed by atoms with Crippen molar-refractivity contribution >= 4 is 17.7 Å². The second kappa shape index (κ2) is 9.39. The van der Waals surface area contributed by atoms with Crippen molar-refractivity contribution in [3.63, 3.8) is 0 Å². The lowest BCUT2D eigenvalue weighted by atomic mass is 10.1. The number of nitrogens with zero attached hydrogens (tertiary/aromatic N) is 3. The minimum Gasteiger partial charge on any atom is -0.494 e. The van der Waals surface area contributed by atoms with Gasteiger partial charge in [0, 0.05) is 30.3 Å². The zero-order valence-electron chi connectivity index (χ0n) is 17.2. The molecule has 1 aromatic heterocycles. The Balaban J connectivity index is 1.44. The molecule has 6 heteroatoms. The maximum Gasteiger partial charge on any atom is 0.248 e. The van der Waals surface area contributed by atoms with Gasteiger partial charge in [0.1, 0.15) is 11.6 Å². The fourth-order valence-electron chi connectivity index (χ4n) is 3.63. The number of carbonyl (C=O) groups excluding carboxylic acids is 1. The van der Waals surface area contributed by atoms with Gasteiger partial charge in [-0.25, -0.2) is 0 Å². The highest BCUT2D eigenvalue weighted by molar-refractivity contribution is 6.02. The number of rotatable bonds is 6. The third kappa shape index (κ3) is 4.76. The van der Waals surface area contributed by atoms with E-state index in [0.717, 1.165) is 60.0 Å². The Kier molecular flexibility index (Phi) is 6.23. The summed E-state index contributed by atoms with van der Waals surface area (Å²) >= 11 is 0. The Labute approximate surface area is 176 Å². The molecule has 0 fully saturated rings. The van der Waals surface area contributed by atoms with Crippen LogP contribution in [0.3, 0.4) is 0 Å². The number of hydrogen-bond donors (Lipinski definition) is 1. The van der Waals surface area contributed by atoms with E-state index in [4.69, 9.17) is 4.74 Å². The van der Waals surface area contributed by atoms with E-state index < -0.39 is 0 Å². The molecule has 3 aromatic rings. The van der Waals surface area contributed by atoms with Crippen LogP contribution in [0.1, 0.15) is 37.6 Å². The second-order valence-electron chi connectivity index (χ2n) is 7.31. The SMILES string of the molecule is CCOc1ccc(/C=C/C(=O)Nc2cccc(-c3nnc4n3CCCCC4)c2)cc1. The molecule has 0 bridgehead atoms. The van der Waals surface area contributed by atoms with Gasteiger partial charge in [0.2, 0.25) is 5.91 Å². The first-order valence-corrected chi connectivity index (χ1v) is 10.5. The van der Waals surface area contributed by atoms with Crippen LogP contribution in [0.4, 0.5) is 5.69 Å². The summed E-state index contributed by atoms with van der Waals surface area (Å²) in [5.74, 6) is 2.56. The van der Waals surface area contributed by atoms with Gasteiger partial charge >= 0.3 is 0 Å². The quantitative estimate of drug-likeness (QED) is 0.606. The summed E-state index contributed by atoms with van der Waals surface area (Å²) in [6.07, 6.45) is 7.82. The Morgan fingerprint density at radius 2 is 2.00 bits per heavy atom. The Morgan fingerprint density at radius 1 is 1.13 bits per heavy atom. The molecule has 0 radical (unpaired) electrons. The van der Waals surface area contributed by atoms with Crippen molar-refractivity contribution in [1.82, 2.24) is 14.8 Å². The van der Waals surface area contributed by atoms with Crippen molar-refractivity contribution in [2.45, 2.75) is 39.2 Å². The summed E-state index contributed by atoms with van der Waals surface area (Å²) in [6.45, 7) is 3.53. The van der Waals surface area contributed by atoms with E-state index >= 15 is 0 Å². The molecule has 1 amide bonds. The summed E-state index contributed by atoms with van der Waals surface area (Å²) in [5.41, 5.74) is 2.64. The first-order chi connectivity index (χ1) is 14.7. The topological polar surface area (TPSA) is 69.0 Å². The number of hydrogen-bond acceptors (Lipinski definition) is 4. The van der Waals surface area contributed by atoms with Crippen molar-refractivity contribution in [2.24, 2.45) is 0 Å². The lowest BCUT2D eigenvalue weighted by Gasteiger charge is -2.09. The van der Waals surface area contributed by atoms with Crippen molar-refractivity contribution in [3.8, 4) is 17.1 Å². The van der Waals surface area contributed by atoms with E-state index in [1.165, 1.54) is 12.5 Å². The molecule has 0 saturated carbocycles. The van der Waals surface area contributed by atoms with Crippen LogP contribution in [0.2, 0.25) is 0 Å². The van der Waals surface area contributed by atoms with Gasteiger partial charge in [0.25, 0.3) is 0 Å². The normalized spacial score (nSPS) is 13.6.